The lowest BCUT2D eigenvalue weighted by molar-refractivity contribution is 0.298. The fraction of sp³-hybridized carbons (Fsp3) is 0.571. The molecule has 0 aromatic heterocycles. The molecule has 1 aromatic rings. The fourth-order valence-corrected chi connectivity index (χ4v) is 2.79. The van der Waals surface area contributed by atoms with Gasteiger partial charge in [-0.05, 0) is 42.5 Å². The number of anilines is 1. The van der Waals surface area contributed by atoms with Crippen molar-refractivity contribution in [1.29, 1.82) is 0 Å². The van der Waals surface area contributed by atoms with Gasteiger partial charge in [-0.1, -0.05) is 29.8 Å². The van der Waals surface area contributed by atoms with E-state index >= 15 is 0 Å². The van der Waals surface area contributed by atoms with E-state index in [1.165, 1.54) is 5.69 Å². The van der Waals surface area contributed by atoms with Crippen molar-refractivity contribution in [2.45, 2.75) is 26.3 Å². The summed E-state index contributed by atoms with van der Waals surface area (Å²) in [6.45, 7) is 6.70. The number of rotatable bonds is 2. The van der Waals surface area contributed by atoms with Gasteiger partial charge in [0.05, 0.1) is 0 Å². The van der Waals surface area contributed by atoms with Crippen LogP contribution in [-0.4, -0.2) is 19.1 Å². The Labute approximate surface area is 112 Å². The van der Waals surface area contributed by atoms with Crippen molar-refractivity contribution in [3.63, 3.8) is 0 Å². The van der Waals surface area contributed by atoms with E-state index in [0.717, 1.165) is 24.0 Å². The molecule has 1 aromatic carbocycles. The fourth-order valence-electron chi connectivity index (χ4n) is 2.52. The Balaban J connectivity index is 2.12. The molecule has 2 atom stereocenters. The molecule has 1 fully saturated rings. The van der Waals surface area contributed by atoms with Gasteiger partial charge in [0.1, 0.15) is 0 Å². The van der Waals surface area contributed by atoms with Crippen LogP contribution in [0, 0.1) is 11.8 Å². The van der Waals surface area contributed by atoms with Gasteiger partial charge in [0.2, 0.25) is 0 Å². The lowest BCUT2D eigenvalue weighted by Crippen LogP contribution is -2.48. The molecule has 3 heteroatoms. The molecule has 0 spiro atoms. The SMILES string of the molecule is CC(C)C1CC(N)CN(c2ccc(Br)cc2)C1. The Kier molecular flexibility index (Phi) is 4.10. The molecule has 2 unspecified atom stereocenters. The predicted octanol–water partition coefficient (Wildman–Crippen LogP) is 3.26. The quantitative estimate of drug-likeness (QED) is 0.908. The van der Waals surface area contributed by atoms with Crippen LogP contribution in [0.4, 0.5) is 5.69 Å². The van der Waals surface area contributed by atoms with Gasteiger partial charge in [-0.15, -0.1) is 0 Å². The van der Waals surface area contributed by atoms with Crippen LogP contribution in [0.3, 0.4) is 0 Å². The maximum atomic E-state index is 6.17. The summed E-state index contributed by atoms with van der Waals surface area (Å²) in [6, 6.07) is 8.83. The summed E-state index contributed by atoms with van der Waals surface area (Å²) in [7, 11) is 0. The van der Waals surface area contributed by atoms with Crippen molar-refractivity contribution >= 4 is 21.6 Å². The van der Waals surface area contributed by atoms with E-state index in [4.69, 9.17) is 5.73 Å². The molecule has 1 aliphatic heterocycles. The van der Waals surface area contributed by atoms with E-state index in [-0.39, 0.29) is 0 Å². The lowest BCUT2D eigenvalue weighted by atomic mass is 9.85. The number of piperidine rings is 1. The molecule has 0 amide bonds. The molecule has 1 aliphatic rings. The maximum absolute atomic E-state index is 6.17. The number of benzene rings is 1. The van der Waals surface area contributed by atoms with E-state index in [0.29, 0.717) is 17.9 Å². The van der Waals surface area contributed by atoms with Gasteiger partial charge in [-0.25, -0.2) is 0 Å². The van der Waals surface area contributed by atoms with Gasteiger partial charge in [0.25, 0.3) is 0 Å². The van der Waals surface area contributed by atoms with Crippen molar-refractivity contribution in [3.05, 3.63) is 28.7 Å². The largest absolute Gasteiger partial charge is 0.370 e. The first-order valence-corrected chi connectivity index (χ1v) is 7.11. The second kappa shape index (κ2) is 5.40. The minimum Gasteiger partial charge on any atom is -0.370 e. The number of nitrogens with two attached hydrogens (primary N) is 1. The minimum atomic E-state index is 0.305. The van der Waals surface area contributed by atoms with Crippen LogP contribution in [0.2, 0.25) is 0 Å². The number of hydrogen-bond donors (Lipinski definition) is 1. The summed E-state index contributed by atoms with van der Waals surface area (Å²) in [6.07, 6.45) is 1.16. The van der Waals surface area contributed by atoms with Crippen molar-refractivity contribution in [3.8, 4) is 0 Å². The van der Waals surface area contributed by atoms with Crippen LogP contribution >= 0.6 is 15.9 Å². The highest BCUT2D eigenvalue weighted by Crippen LogP contribution is 2.27. The number of nitrogens with zero attached hydrogens (tertiary/aromatic N) is 1. The van der Waals surface area contributed by atoms with Gasteiger partial charge in [0.15, 0.2) is 0 Å². The van der Waals surface area contributed by atoms with Gasteiger partial charge in [0, 0.05) is 29.3 Å². The van der Waals surface area contributed by atoms with Crippen molar-refractivity contribution in [2.75, 3.05) is 18.0 Å². The third kappa shape index (κ3) is 3.23. The Bertz CT molecular complexity index is 361. The maximum Gasteiger partial charge on any atom is 0.0367 e. The average molecular weight is 297 g/mol. The van der Waals surface area contributed by atoms with E-state index < -0.39 is 0 Å². The lowest BCUT2D eigenvalue weighted by Gasteiger charge is -2.39. The zero-order chi connectivity index (χ0) is 12.4. The minimum absolute atomic E-state index is 0.305. The van der Waals surface area contributed by atoms with Gasteiger partial charge < -0.3 is 10.6 Å². The standard InChI is InChI=1S/C14H21BrN2/c1-10(2)11-7-13(16)9-17(8-11)14-5-3-12(15)4-6-14/h3-6,10-11,13H,7-9,16H2,1-2H3. The summed E-state index contributed by atoms with van der Waals surface area (Å²) in [5, 5.41) is 0. The van der Waals surface area contributed by atoms with Crippen molar-refractivity contribution < 1.29 is 0 Å². The summed E-state index contributed by atoms with van der Waals surface area (Å²) in [5.74, 6) is 1.42. The average Bonchev–Trinajstić information content (AvgIpc) is 2.29. The third-order valence-corrected chi connectivity index (χ3v) is 4.18. The smallest absolute Gasteiger partial charge is 0.0367 e. The Hall–Kier alpha value is -0.540. The van der Waals surface area contributed by atoms with Crippen LogP contribution in [-0.2, 0) is 0 Å². The first kappa shape index (κ1) is 12.9. The second-order valence-electron chi connectivity index (χ2n) is 5.38. The molecular formula is C14H21BrN2. The van der Waals surface area contributed by atoms with Crippen LogP contribution in [0.25, 0.3) is 0 Å². The highest BCUT2D eigenvalue weighted by Gasteiger charge is 2.27. The summed E-state index contributed by atoms with van der Waals surface area (Å²) >= 11 is 3.47. The van der Waals surface area contributed by atoms with Crippen LogP contribution < -0.4 is 10.6 Å². The normalized spacial score (nSPS) is 25.4. The Morgan fingerprint density at radius 1 is 1.24 bits per heavy atom. The number of hydrogen-bond acceptors (Lipinski definition) is 2. The van der Waals surface area contributed by atoms with Crippen LogP contribution in [0.15, 0.2) is 28.7 Å². The molecule has 2 rings (SSSR count). The molecule has 94 valence electrons. The van der Waals surface area contributed by atoms with Gasteiger partial charge in [-0.3, -0.25) is 0 Å². The zero-order valence-electron chi connectivity index (χ0n) is 10.6. The second-order valence-corrected chi connectivity index (χ2v) is 6.30. The Morgan fingerprint density at radius 3 is 2.47 bits per heavy atom. The van der Waals surface area contributed by atoms with Crippen LogP contribution in [0.5, 0.6) is 0 Å². The number of halogens is 1. The first-order valence-electron chi connectivity index (χ1n) is 6.32. The Morgan fingerprint density at radius 2 is 1.88 bits per heavy atom. The first-order chi connectivity index (χ1) is 8.06. The van der Waals surface area contributed by atoms with Gasteiger partial charge in [-0.2, -0.15) is 0 Å². The van der Waals surface area contributed by atoms with E-state index in [1.807, 2.05) is 0 Å². The van der Waals surface area contributed by atoms with E-state index in [9.17, 15) is 0 Å². The topological polar surface area (TPSA) is 29.3 Å². The zero-order valence-corrected chi connectivity index (χ0v) is 12.2. The molecule has 0 bridgehead atoms. The highest BCUT2D eigenvalue weighted by molar-refractivity contribution is 9.10. The monoisotopic (exact) mass is 296 g/mol. The molecule has 0 aliphatic carbocycles. The van der Waals surface area contributed by atoms with Crippen molar-refractivity contribution in [1.82, 2.24) is 0 Å². The molecule has 2 nitrogen and oxygen atoms in total. The molecule has 1 heterocycles. The summed E-state index contributed by atoms with van der Waals surface area (Å²) < 4.78 is 1.13. The molecule has 17 heavy (non-hydrogen) atoms. The molecule has 0 saturated carbocycles. The predicted molar refractivity (Wildman–Crippen MR) is 77.3 cm³/mol. The van der Waals surface area contributed by atoms with E-state index in [1.54, 1.807) is 0 Å². The summed E-state index contributed by atoms with van der Waals surface area (Å²) in [4.78, 5) is 2.42. The molecular weight excluding hydrogens is 276 g/mol. The van der Waals surface area contributed by atoms with Crippen LogP contribution in [0.1, 0.15) is 20.3 Å². The highest BCUT2D eigenvalue weighted by atomic mass is 79.9. The summed E-state index contributed by atoms with van der Waals surface area (Å²) in [5.41, 5.74) is 7.46. The molecule has 1 saturated heterocycles. The molecule has 2 N–H and O–H groups in total. The van der Waals surface area contributed by atoms with Gasteiger partial charge >= 0.3 is 0 Å². The molecule has 0 radical (unpaired) electrons. The third-order valence-electron chi connectivity index (χ3n) is 3.65. The van der Waals surface area contributed by atoms with Crippen molar-refractivity contribution in [2.24, 2.45) is 17.6 Å². The van der Waals surface area contributed by atoms with E-state index in [2.05, 4.69) is 58.9 Å².